The molecule has 0 atom stereocenters. The molecule has 0 spiro atoms. The highest BCUT2D eigenvalue weighted by Gasteiger charge is 2.23. The zero-order chi connectivity index (χ0) is 22.7. The fourth-order valence-corrected chi connectivity index (χ4v) is 5.33. The van der Waals surface area contributed by atoms with Crippen LogP contribution < -0.4 is 14.5 Å². The van der Waals surface area contributed by atoms with Crippen LogP contribution in [-0.4, -0.2) is 45.7 Å². The van der Waals surface area contributed by atoms with E-state index in [0.717, 1.165) is 18.8 Å². The summed E-state index contributed by atoms with van der Waals surface area (Å²) in [7, 11) is -3.96. The Morgan fingerprint density at radius 3 is 2.16 bits per heavy atom. The van der Waals surface area contributed by atoms with Crippen LogP contribution >= 0.6 is 11.6 Å². The van der Waals surface area contributed by atoms with Gasteiger partial charge < -0.3 is 14.9 Å². The molecule has 0 aromatic heterocycles. The molecule has 0 aliphatic carbocycles. The first kappa shape index (κ1) is 22.0. The maximum atomic E-state index is 12.7. The van der Waals surface area contributed by atoms with E-state index in [4.69, 9.17) is 11.6 Å². The van der Waals surface area contributed by atoms with Crippen LogP contribution in [0.1, 0.15) is 10.4 Å². The van der Waals surface area contributed by atoms with Gasteiger partial charge in [-0.05, 0) is 42.5 Å². The van der Waals surface area contributed by atoms with Crippen molar-refractivity contribution in [3.05, 3.63) is 83.4 Å². The Labute approximate surface area is 191 Å². The summed E-state index contributed by atoms with van der Waals surface area (Å²) in [5, 5.41) is 9.86. The molecular weight excluding hydrogens is 450 g/mol. The molecule has 1 aliphatic rings. The van der Waals surface area contributed by atoms with E-state index in [0.29, 0.717) is 18.8 Å². The predicted octanol–water partition coefficient (Wildman–Crippen LogP) is 4.17. The summed E-state index contributed by atoms with van der Waals surface area (Å²) in [6, 6.07) is 20.7. The lowest BCUT2D eigenvalue weighted by Crippen LogP contribution is -2.47. The molecular formula is C23H22ClN3O4S. The smallest absolute Gasteiger partial charge is 0.337 e. The Bertz CT molecular complexity index is 1230. The molecule has 32 heavy (non-hydrogen) atoms. The molecule has 166 valence electrons. The second-order valence-corrected chi connectivity index (χ2v) is 9.44. The van der Waals surface area contributed by atoms with Gasteiger partial charge in [0.25, 0.3) is 10.0 Å². The number of anilines is 3. The van der Waals surface area contributed by atoms with Crippen LogP contribution in [0.2, 0.25) is 5.02 Å². The highest BCUT2D eigenvalue weighted by atomic mass is 35.5. The topological polar surface area (TPSA) is 89.9 Å². The van der Waals surface area contributed by atoms with Crippen molar-refractivity contribution in [3.8, 4) is 0 Å². The number of nitrogens with zero attached hydrogens (tertiary/aromatic N) is 2. The largest absolute Gasteiger partial charge is 0.478 e. The average molecular weight is 472 g/mol. The molecule has 9 heteroatoms. The summed E-state index contributed by atoms with van der Waals surface area (Å²) in [6.45, 7) is 2.81. The third-order valence-corrected chi connectivity index (χ3v) is 7.23. The average Bonchev–Trinajstić information content (AvgIpc) is 2.79. The Morgan fingerprint density at radius 2 is 1.50 bits per heavy atom. The van der Waals surface area contributed by atoms with Crippen molar-refractivity contribution in [1.29, 1.82) is 0 Å². The van der Waals surface area contributed by atoms with E-state index in [-0.39, 0.29) is 21.2 Å². The van der Waals surface area contributed by atoms with Crippen molar-refractivity contribution in [1.82, 2.24) is 0 Å². The Morgan fingerprint density at radius 1 is 0.875 bits per heavy atom. The molecule has 1 saturated heterocycles. The van der Waals surface area contributed by atoms with Gasteiger partial charge in [0.05, 0.1) is 16.3 Å². The minimum atomic E-state index is -3.96. The lowest BCUT2D eigenvalue weighted by atomic mass is 10.1. The van der Waals surface area contributed by atoms with E-state index in [1.54, 1.807) is 24.3 Å². The second-order valence-electron chi connectivity index (χ2n) is 7.38. The molecule has 0 bridgehead atoms. The summed E-state index contributed by atoms with van der Waals surface area (Å²) >= 11 is 6.02. The fourth-order valence-electron chi connectivity index (χ4n) is 3.76. The number of nitrogens with one attached hydrogen (secondary N) is 1. The van der Waals surface area contributed by atoms with Crippen molar-refractivity contribution in [2.45, 2.75) is 4.90 Å². The molecule has 0 amide bonds. The quantitative estimate of drug-likeness (QED) is 0.561. The molecule has 0 radical (unpaired) electrons. The fraction of sp³-hybridized carbons (Fsp3) is 0.174. The van der Waals surface area contributed by atoms with E-state index < -0.39 is 16.0 Å². The summed E-state index contributed by atoms with van der Waals surface area (Å²) in [4.78, 5) is 16.1. The molecule has 3 aromatic carbocycles. The summed E-state index contributed by atoms with van der Waals surface area (Å²) in [6.07, 6.45) is 0. The minimum Gasteiger partial charge on any atom is -0.478 e. The number of sulfonamides is 1. The molecule has 0 saturated carbocycles. The number of hydrogen-bond acceptors (Lipinski definition) is 5. The Balaban J connectivity index is 1.54. The number of carboxylic acid groups (broad SMARTS) is 1. The van der Waals surface area contributed by atoms with Crippen LogP contribution in [0.5, 0.6) is 0 Å². The molecule has 1 aliphatic heterocycles. The van der Waals surface area contributed by atoms with E-state index in [1.807, 2.05) is 23.1 Å². The number of halogens is 1. The third-order valence-electron chi connectivity index (χ3n) is 5.35. The highest BCUT2D eigenvalue weighted by Crippen LogP contribution is 2.29. The molecule has 1 heterocycles. The van der Waals surface area contributed by atoms with Gasteiger partial charge in [-0.2, -0.15) is 0 Å². The van der Waals surface area contributed by atoms with Crippen LogP contribution in [-0.2, 0) is 10.0 Å². The zero-order valence-corrected chi connectivity index (χ0v) is 18.7. The molecule has 2 N–H and O–H groups in total. The normalized spacial score (nSPS) is 14.3. The van der Waals surface area contributed by atoms with E-state index in [9.17, 15) is 18.3 Å². The van der Waals surface area contributed by atoms with Gasteiger partial charge in [-0.25, -0.2) is 13.2 Å². The van der Waals surface area contributed by atoms with Gasteiger partial charge in [-0.1, -0.05) is 41.9 Å². The highest BCUT2D eigenvalue weighted by molar-refractivity contribution is 7.92. The van der Waals surface area contributed by atoms with E-state index in [1.165, 1.54) is 18.2 Å². The van der Waals surface area contributed by atoms with Gasteiger partial charge in [0.1, 0.15) is 4.90 Å². The van der Waals surface area contributed by atoms with Crippen LogP contribution in [0, 0.1) is 0 Å². The number of carbonyl (C=O) groups is 1. The monoisotopic (exact) mass is 471 g/mol. The number of carboxylic acids is 1. The van der Waals surface area contributed by atoms with Crippen molar-refractivity contribution < 1.29 is 18.3 Å². The number of rotatable bonds is 6. The first-order valence-electron chi connectivity index (χ1n) is 10.0. The molecule has 0 unspecified atom stereocenters. The van der Waals surface area contributed by atoms with Gasteiger partial charge >= 0.3 is 5.97 Å². The van der Waals surface area contributed by atoms with Crippen molar-refractivity contribution in [2.24, 2.45) is 0 Å². The van der Waals surface area contributed by atoms with Crippen molar-refractivity contribution in [3.63, 3.8) is 0 Å². The van der Waals surface area contributed by atoms with Crippen LogP contribution in [0.25, 0.3) is 0 Å². The summed E-state index contributed by atoms with van der Waals surface area (Å²) in [5.41, 5.74) is 1.90. The Hall–Kier alpha value is -3.23. The van der Waals surface area contributed by atoms with Gasteiger partial charge in [0.2, 0.25) is 0 Å². The first-order chi connectivity index (χ1) is 15.3. The third kappa shape index (κ3) is 4.66. The zero-order valence-electron chi connectivity index (χ0n) is 17.1. The second kappa shape index (κ2) is 9.10. The maximum absolute atomic E-state index is 12.7. The molecule has 3 aromatic rings. The minimum absolute atomic E-state index is 0.0394. The van der Waals surface area contributed by atoms with Crippen LogP contribution in [0.4, 0.5) is 17.1 Å². The number of para-hydroxylation sites is 1. The van der Waals surface area contributed by atoms with Crippen molar-refractivity contribution in [2.75, 3.05) is 40.7 Å². The summed E-state index contributed by atoms with van der Waals surface area (Å²) in [5.74, 6) is -1.12. The number of aromatic carboxylic acids is 1. The SMILES string of the molecule is O=C(O)c1cc(NS(=O)(=O)c2ccccc2Cl)ccc1N1CCN(c2ccccc2)CC1. The predicted molar refractivity (Wildman–Crippen MR) is 127 cm³/mol. The van der Waals surface area contributed by atoms with E-state index >= 15 is 0 Å². The molecule has 7 nitrogen and oxygen atoms in total. The maximum Gasteiger partial charge on any atom is 0.337 e. The molecule has 4 rings (SSSR count). The van der Waals surface area contributed by atoms with Gasteiger partial charge in [0.15, 0.2) is 0 Å². The van der Waals surface area contributed by atoms with Gasteiger partial charge in [-0.15, -0.1) is 0 Å². The van der Waals surface area contributed by atoms with Gasteiger partial charge in [-0.3, -0.25) is 4.72 Å². The van der Waals surface area contributed by atoms with Crippen molar-refractivity contribution >= 4 is 44.7 Å². The standard InChI is InChI=1S/C23H22ClN3O4S/c24-20-8-4-5-9-22(20)32(30,31)25-17-10-11-21(19(16-17)23(28)29)27-14-12-26(13-15-27)18-6-2-1-3-7-18/h1-11,16,25H,12-15H2,(H,28,29). The molecule has 1 fully saturated rings. The number of hydrogen-bond donors (Lipinski definition) is 2. The van der Waals surface area contributed by atoms with Crippen LogP contribution in [0.3, 0.4) is 0 Å². The van der Waals surface area contributed by atoms with Gasteiger partial charge in [0, 0.05) is 37.6 Å². The summed E-state index contributed by atoms with van der Waals surface area (Å²) < 4.78 is 27.8. The number of piperazine rings is 1. The van der Waals surface area contributed by atoms with E-state index in [2.05, 4.69) is 21.8 Å². The first-order valence-corrected chi connectivity index (χ1v) is 11.9. The lowest BCUT2D eigenvalue weighted by molar-refractivity contribution is 0.0697. The van der Waals surface area contributed by atoms with Crippen LogP contribution in [0.15, 0.2) is 77.7 Å². The Kier molecular flexibility index (Phi) is 6.25. The lowest BCUT2D eigenvalue weighted by Gasteiger charge is -2.38. The number of benzene rings is 3.